The molecule has 2 aromatic carbocycles. The summed E-state index contributed by atoms with van der Waals surface area (Å²) < 4.78 is 6.62. The molecule has 0 aliphatic carbocycles. The first-order valence-electron chi connectivity index (χ1n) is 7.21. The molecule has 1 atom stereocenters. The van der Waals surface area contributed by atoms with Crippen LogP contribution in [0, 0.1) is 0 Å². The fraction of sp³-hybridized carbons (Fsp3) is 0.333. The lowest BCUT2D eigenvalue weighted by atomic mass is 9.84. The van der Waals surface area contributed by atoms with E-state index in [-0.39, 0.29) is 6.10 Å². The van der Waals surface area contributed by atoms with E-state index in [0.29, 0.717) is 6.42 Å². The van der Waals surface area contributed by atoms with E-state index in [2.05, 4.69) is 15.9 Å². The number of aliphatic hydroxyl groups is 1. The van der Waals surface area contributed by atoms with E-state index in [1.807, 2.05) is 69.3 Å². The van der Waals surface area contributed by atoms with Crippen LogP contribution in [0.2, 0.25) is 0 Å². The summed E-state index contributed by atoms with van der Waals surface area (Å²) in [6.45, 7) is 5.98. The Labute approximate surface area is 134 Å². The molecule has 3 heteroatoms. The first kappa shape index (κ1) is 16.1. The van der Waals surface area contributed by atoms with Crippen molar-refractivity contribution in [3.05, 3.63) is 64.1 Å². The van der Waals surface area contributed by atoms with Gasteiger partial charge < -0.3 is 9.84 Å². The molecule has 2 rings (SSSR count). The monoisotopic (exact) mass is 348 g/mol. The summed E-state index contributed by atoms with van der Waals surface area (Å²) in [5, 5.41) is 11.1. The largest absolute Gasteiger partial charge is 0.491 e. The van der Waals surface area contributed by atoms with E-state index in [4.69, 9.17) is 4.74 Å². The maximum Gasteiger partial charge on any atom is 0.119 e. The minimum Gasteiger partial charge on any atom is -0.491 e. The molecule has 0 saturated heterocycles. The van der Waals surface area contributed by atoms with Crippen molar-refractivity contribution in [2.45, 2.75) is 38.9 Å². The minimum atomic E-state index is -0.986. The van der Waals surface area contributed by atoms with Crippen LogP contribution in [0.3, 0.4) is 0 Å². The van der Waals surface area contributed by atoms with E-state index in [0.717, 1.165) is 21.3 Å². The Bertz CT molecular complexity index is 592. The van der Waals surface area contributed by atoms with Gasteiger partial charge in [-0.25, -0.2) is 0 Å². The summed E-state index contributed by atoms with van der Waals surface area (Å²) >= 11 is 3.46. The van der Waals surface area contributed by atoms with Crippen molar-refractivity contribution in [1.82, 2.24) is 0 Å². The second-order valence-electron chi connectivity index (χ2n) is 5.42. The van der Waals surface area contributed by atoms with Crippen molar-refractivity contribution in [2.75, 3.05) is 0 Å². The molecule has 21 heavy (non-hydrogen) atoms. The van der Waals surface area contributed by atoms with Crippen LogP contribution in [0.5, 0.6) is 5.75 Å². The van der Waals surface area contributed by atoms with Gasteiger partial charge in [-0.2, -0.15) is 0 Å². The topological polar surface area (TPSA) is 29.5 Å². The molecule has 0 fully saturated rings. The third-order valence-electron chi connectivity index (χ3n) is 3.52. The number of halogens is 1. The van der Waals surface area contributed by atoms with Crippen molar-refractivity contribution < 1.29 is 9.84 Å². The molecule has 1 N–H and O–H groups in total. The fourth-order valence-corrected chi connectivity index (χ4v) is 2.80. The predicted octanol–water partition coefficient (Wildman–Crippen LogP) is 4.88. The zero-order valence-corrected chi connectivity index (χ0v) is 14.2. The molecule has 0 aromatic heterocycles. The van der Waals surface area contributed by atoms with E-state index in [9.17, 15) is 5.11 Å². The highest BCUT2D eigenvalue weighted by Gasteiger charge is 2.29. The van der Waals surface area contributed by atoms with Crippen LogP contribution < -0.4 is 4.74 Å². The van der Waals surface area contributed by atoms with E-state index in [1.165, 1.54) is 0 Å². The maximum absolute atomic E-state index is 11.1. The molecule has 2 nitrogen and oxygen atoms in total. The van der Waals surface area contributed by atoms with Crippen LogP contribution in [0.25, 0.3) is 0 Å². The molecule has 2 aromatic rings. The number of rotatable bonds is 5. The van der Waals surface area contributed by atoms with Crippen LogP contribution in [0.4, 0.5) is 0 Å². The molecule has 1 unspecified atom stereocenters. The standard InChI is InChI=1S/C18H21BrO2/c1-4-18(20,15-6-5-7-16(19)12-15)14-8-10-17(11-9-14)21-13(2)3/h5-13,20H,4H2,1-3H3. The number of ether oxygens (including phenoxy) is 1. The van der Waals surface area contributed by atoms with Gasteiger partial charge in [0.25, 0.3) is 0 Å². The molecule has 112 valence electrons. The van der Waals surface area contributed by atoms with Gasteiger partial charge in [-0.1, -0.05) is 47.1 Å². The first-order valence-corrected chi connectivity index (χ1v) is 8.00. The van der Waals surface area contributed by atoms with Crippen LogP contribution in [0.1, 0.15) is 38.3 Å². The van der Waals surface area contributed by atoms with Gasteiger partial charge >= 0.3 is 0 Å². The lowest BCUT2D eigenvalue weighted by molar-refractivity contribution is 0.0764. The van der Waals surface area contributed by atoms with Crippen molar-refractivity contribution in [3.63, 3.8) is 0 Å². The van der Waals surface area contributed by atoms with Gasteiger partial charge in [0, 0.05) is 4.47 Å². The lowest BCUT2D eigenvalue weighted by Crippen LogP contribution is -2.26. The number of hydrogen-bond acceptors (Lipinski definition) is 2. The SMILES string of the molecule is CCC(O)(c1ccc(OC(C)C)cc1)c1cccc(Br)c1. The van der Waals surface area contributed by atoms with E-state index < -0.39 is 5.60 Å². The van der Waals surface area contributed by atoms with Gasteiger partial charge in [-0.05, 0) is 55.7 Å². The van der Waals surface area contributed by atoms with Crippen LogP contribution in [0.15, 0.2) is 53.0 Å². The van der Waals surface area contributed by atoms with Gasteiger partial charge in [-0.3, -0.25) is 0 Å². The van der Waals surface area contributed by atoms with Gasteiger partial charge in [0.15, 0.2) is 0 Å². The molecular weight excluding hydrogens is 328 g/mol. The van der Waals surface area contributed by atoms with Gasteiger partial charge in [0.2, 0.25) is 0 Å². The Morgan fingerprint density at radius 3 is 2.29 bits per heavy atom. The molecule has 0 saturated carbocycles. The molecular formula is C18H21BrO2. The quantitative estimate of drug-likeness (QED) is 0.833. The van der Waals surface area contributed by atoms with Crippen molar-refractivity contribution >= 4 is 15.9 Å². The molecule has 0 aliphatic heterocycles. The summed E-state index contributed by atoms with van der Waals surface area (Å²) in [5.74, 6) is 0.821. The third kappa shape index (κ3) is 3.66. The van der Waals surface area contributed by atoms with Crippen LogP contribution >= 0.6 is 15.9 Å². The zero-order valence-electron chi connectivity index (χ0n) is 12.6. The lowest BCUT2D eigenvalue weighted by Gasteiger charge is -2.28. The van der Waals surface area contributed by atoms with Crippen LogP contribution in [-0.4, -0.2) is 11.2 Å². The third-order valence-corrected chi connectivity index (χ3v) is 4.01. The summed E-state index contributed by atoms with van der Waals surface area (Å²) in [6.07, 6.45) is 0.749. The van der Waals surface area contributed by atoms with Gasteiger partial charge in [-0.15, -0.1) is 0 Å². The minimum absolute atomic E-state index is 0.144. The second kappa shape index (κ2) is 6.63. The molecule has 0 radical (unpaired) electrons. The zero-order chi connectivity index (χ0) is 15.5. The molecule has 0 amide bonds. The Kier molecular flexibility index (Phi) is 5.07. The summed E-state index contributed by atoms with van der Waals surface area (Å²) in [5.41, 5.74) is 0.774. The molecule has 0 bridgehead atoms. The Balaban J connectivity index is 2.36. The maximum atomic E-state index is 11.1. The summed E-state index contributed by atoms with van der Waals surface area (Å²) in [7, 11) is 0. The van der Waals surface area contributed by atoms with E-state index >= 15 is 0 Å². The highest BCUT2D eigenvalue weighted by atomic mass is 79.9. The van der Waals surface area contributed by atoms with Crippen molar-refractivity contribution in [3.8, 4) is 5.75 Å². The van der Waals surface area contributed by atoms with Crippen molar-refractivity contribution in [2.24, 2.45) is 0 Å². The Hall–Kier alpha value is -1.32. The number of benzene rings is 2. The Morgan fingerprint density at radius 1 is 1.10 bits per heavy atom. The smallest absolute Gasteiger partial charge is 0.119 e. The van der Waals surface area contributed by atoms with Crippen molar-refractivity contribution in [1.29, 1.82) is 0 Å². The van der Waals surface area contributed by atoms with Gasteiger partial charge in [0.1, 0.15) is 11.4 Å². The summed E-state index contributed by atoms with van der Waals surface area (Å²) in [4.78, 5) is 0. The average Bonchev–Trinajstić information content (AvgIpc) is 2.46. The second-order valence-corrected chi connectivity index (χ2v) is 6.33. The average molecular weight is 349 g/mol. The van der Waals surface area contributed by atoms with Gasteiger partial charge in [0.05, 0.1) is 6.10 Å². The normalized spacial score (nSPS) is 14.0. The summed E-state index contributed by atoms with van der Waals surface area (Å²) in [6, 6.07) is 15.5. The highest BCUT2D eigenvalue weighted by Crippen LogP contribution is 2.34. The fourth-order valence-electron chi connectivity index (χ4n) is 2.40. The van der Waals surface area contributed by atoms with Crippen LogP contribution in [-0.2, 0) is 5.60 Å². The Morgan fingerprint density at radius 2 is 1.76 bits per heavy atom. The predicted molar refractivity (Wildman–Crippen MR) is 89.6 cm³/mol. The number of hydrogen-bond donors (Lipinski definition) is 1. The highest BCUT2D eigenvalue weighted by molar-refractivity contribution is 9.10. The molecule has 0 aliphatic rings. The first-order chi connectivity index (χ1) is 9.95. The van der Waals surface area contributed by atoms with E-state index in [1.54, 1.807) is 0 Å². The molecule has 0 spiro atoms. The molecule has 0 heterocycles.